The minimum Gasteiger partial charge on any atom is -0.478 e. The van der Waals surface area contributed by atoms with Gasteiger partial charge in [0.2, 0.25) is 10.0 Å². The Hall–Kier alpha value is -1.90. The first-order valence-electron chi connectivity index (χ1n) is 6.04. The maximum absolute atomic E-state index is 12.1. The molecule has 1 aromatic heterocycles. The Kier molecular flexibility index (Phi) is 4.61. The van der Waals surface area contributed by atoms with Crippen molar-refractivity contribution in [2.75, 3.05) is 12.3 Å². The van der Waals surface area contributed by atoms with E-state index in [-0.39, 0.29) is 22.7 Å². The van der Waals surface area contributed by atoms with Crippen molar-refractivity contribution in [3.05, 3.63) is 46.2 Å². The van der Waals surface area contributed by atoms with Gasteiger partial charge in [-0.2, -0.15) is 11.3 Å². The smallest absolute Gasteiger partial charge is 0.335 e. The number of benzene rings is 1. The average molecular weight is 326 g/mol. The highest BCUT2D eigenvalue weighted by atomic mass is 32.2. The number of nitrogens with two attached hydrogens (primary N) is 1. The van der Waals surface area contributed by atoms with Gasteiger partial charge in [-0.05, 0) is 47.0 Å². The number of carbonyl (C=O) groups is 1. The zero-order chi connectivity index (χ0) is 15.5. The van der Waals surface area contributed by atoms with Gasteiger partial charge in [-0.1, -0.05) is 0 Å². The molecule has 2 aromatic rings. The summed E-state index contributed by atoms with van der Waals surface area (Å²) in [5, 5.41) is 12.7. The van der Waals surface area contributed by atoms with E-state index < -0.39 is 16.0 Å². The van der Waals surface area contributed by atoms with E-state index in [4.69, 9.17) is 10.8 Å². The number of anilines is 1. The lowest BCUT2D eigenvalue weighted by molar-refractivity contribution is 0.0697. The minimum atomic E-state index is -3.75. The Bertz CT molecular complexity index is 740. The number of nitrogen functional groups attached to an aromatic ring is 1. The van der Waals surface area contributed by atoms with Gasteiger partial charge in [-0.15, -0.1) is 0 Å². The van der Waals surface area contributed by atoms with Crippen molar-refractivity contribution >= 4 is 33.0 Å². The van der Waals surface area contributed by atoms with E-state index in [0.717, 1.165) is 11.6 Å². The third-order valence-corrected chi connectivity index (χ3v) is 5.10. The summed E-state index contributed by atoms with van der Waals surface area (Å²) in [7, 11) is -3.75. The van der Waals surface area contributed by atoms with Crippen molar-refractivity contribution in [3.8, 4) is 0 Å². The minimum absolute atomic E-state index is 0.0512. The number of sulfonamides is 1. The standard InChI is InChI=1S/C13H14N2O4S2/c14-11-7-10(13(16)17)1-2-12(11)21(18,19)15-5-3-9-4-6-20-8-9/h1-2,4,6-8,15H,3,5,14H2,(H,16,17). The number of hydrogen-bond donors (Lipinski definition) is 3. The zero-order valence-corrected chi connectivity index (χ0v) is 12.6. The summed E-state index contributed by atoms with van der Waals surface area (Å²) in [6.07, 6.45) is 0.579. The van der Waals surface area contributed by atoms with Gasteiger partial charge >= 0.3 is 5.97 Å². The van der Waals surface area contributed by atoms with Gasteiger partial charge < -0.3 is 10.8 Å². The van der Waals surface area contributed by atoms with Crippen LogP contribution in [0.3, 0.4) is 0 Å². The van der Waals surface area contributed by atoms with Crippen LogP contribution in [0.2, 0.25) is 0 Å². The van der Waals surface area contributed by atoms with Gasteiger partial charge in [-0.25, -0.2) is 17.9 Å². The van der Waals surface area contributed by atoms with Crippen LogP contribution in [0.25, 0.3) is 0 Å². The molecule has 6 nitrogen and oxygen atoms in total. The largest absolute Gasteiger partial charge is 0.478 e. The van der Waals surface area contributed by atoms with Gasteiger partial charge in [0, 0.05) is 6.54 Å². The highest BCUT2D eigenvalue weighted by Crippen LogP contribution is 2.19. The molecule has 0 aliphatic heterocycles. The second-order valence-electron chi connectivity index (χ2n) is 4.34. The molecule has 0 atom stereocenters. The molecule has 0 saturated carbocycles. The van der Waals surface area contributed by atoms with Gasteiger partial charge in [0.15, 0.2) is 0 Å². The van der Waals surface area contributed by atoms with Crippen LogP contribution in [-0.4, -0.2) is 26.0 Å². The van der Waals surface area contributed by atoms with Crippen LogP contribution in [0.1, 0.15) is 15.9 Å². The first-order valence-corrected chi connectivity index (χ1v) is 8.46. The van der Waals surface area contributed by atoms with Crippen molar-refractivity contribution < 1.29 is 18.3 Å². The first-order chi connectivity index (χ1) is 9.90. The molecule has 0 aliphatic carbocycles. The molecule has 2 rings (SSSR count). The second-order valence-corrected chi connectivity index (χ2v) is 6.85. The predicted molar refractivity (Wildman–Crippen MR) is 81.0 cm³/mol. The highest BCUT2D eigenvalue weighted by molar-refractivity contribution is 7.89. The summed E-state index contributed by atoms with van der Waals surface area (Å²) in [5.74, 6) is -1.16. The average Bonchev–Trinajstić information content (AvgIpc) is 2.91. The van der Waals surface area contributed by atoms with E-state index >= 15 is 0 Å². The number of aromatic carboxylic acids is 1. The fourth-order valence-electron chi connectivity index (χ4n) is 1.77. The molecule has 21 heavy (non-hydrogen) atoms. The summed E-state index contributed by atoms with van der Waals surface area (Å²) in [5.41, 5.74) is 6.55. The molecule has 0 bridgehead atoms. The van der Waals surface area contributed by atoms with Crippen LogP contribution in [-0.2, 0) is 16.4 Å². The van der Waals surface area contributed by atoms with E-state index in [1.165, 1.54) is 12.1 Å². The van der Waals surface area contributed by atoms with Crippen LogP contribution >= 0.6 is 11.3 Å². The van der Waals surface area contributed by atoms with Gasteiger partial charge in [-0.3, -0.25) is 0 Å². The molecule has 0 aliphatic rings. The Morgan fingerprint density at radius 2 is 2.10 bits per heavy atom. The summed E-state index contributed by atoms with van der Waals surface area (Å²) < 4.78 is 26.7. The van der Waals surface area contributed by atoms with Crippen molar-refractivity contribution in [3.63, 3.8) is 0 Å². The van der Waals surface area contributed by atoms with E-state index in [2.05, 4.69) is 4.72 Å². The Morgan fingerprint density at radius 3 is 2.67 bits per heavy atom. The number of nitrogens with one attached hydrogen (secondary N) is 1. The summed E-state index contributed by atoms with van der Waals surface area (Å²) in [6, 6.07) is 5.47. The van der Waals surface area contributed by atoms with E-state index in [0.29, 0.717) is 6.42 Å². The fourth-order valence-corrected chi connectivity index (χ4v) is 3.61. The molecular formula is C13H14N2O4S2. The fraction of sp³-hybridized carbons (Fsp3) is 0.154. The lowest BCUT2D eigenvalue weighted by atomic mass is 10.2. The molecule has 0 radical (unpaired) electrons. The number of thiophene rings is 1. The van der Waals surface area contributed by atoms with E-state index in [1.54, 1.807) is 11.3 Å². The molecular weight excluding hydrogens is 312 g/mol. The van der Waals surface area contributed by atoms with Crippen LogP contribution in [0.15, 0.2) is 39.9 Å². The van der Waals surface area contributed by atoms with Gasteiger partial charge in [0.25, 0.3) is 0 Å². The molecule has 0 unspecified atom stereocenters. The monoisotopic (exact) mass is 326 g/mol. The van der Waals surface area contributed by atoms with E-state index in [9.17, 15) is 13.2 Å². The van der Waals surface area contributed by atoms with Crippen LogP contribution < -0.4 is 10.5 Å². The Morgan fingerprint density at radius 1 is 1.33 bits per heavy atom. The number of rotatable bonds is 6. The maximum atomic E-state index is 12.1. The van der Waals surface area contributed by atoms with Gasteiger partial charge in [0.1, 0.15) is 4.90 Å². The molecule has 0 spiro atoms. The lowest BCUT2D eigenvalue weighted by Crippen LogP contribution is -2.26. The number of hydrogen-bond acceptors (Lipinski definition) is 5. The normalized spacial score (nSPS) is 11.4. The SMILES string of the molecule is Nc1cc(C(=O)O)ccc1S(=O)(=O)NCCc1ccsc1. The highest BCUT2D eigenvalue weighted by Gasteiger charge is 2.18. The lowest BCUT2D eigenvalue weighted by Gasteiger charge is -2.09. The second kappa shape index (κ2) is 6.25. The van der Waals surface area contributed by atoms with Crippen molar-refractivity contribution in [2.45, 2.75) is 11.3 Å². The summed E-state index contributed by atoms with van der Waals surface area (Å²) >= 11 is 1.55. The number of carboxylic acids is 1. The van der Waals surface area contributed by atoms with Crippen molar-refractivity contribution in [1.29, 1.82) is 0 Å². The van der Waals surface area contributed by atoms with E-state index in [1.807, 2.05) is 16.8 Å². The summed E-state index contributed by atoms with van der Waals surface area (Å²) in [6.45, 7) is 0.249. The molecule has 112 valence electrons. The maximum Gasteiger partial charge on any atom is 0.335 e. The Balaban J connectivity index is 2.10. The van der Waals surface area contributed by atoms with Crippen molar-refractivity contribution in [2.24, 2.45) is 0 Å². The van der Waals surface area contributed by atoms with Gasteiger partial charge in [0.05, 0.1) is 11.3 Å². The van der Waals surface area contributed by atoms with Crippen LogP contribution in [0, 0.1) is 0 Å². The predicted octanol–water partition coefficient (Wildman–Crippen LogP) is 1.55. The number of carboxylic acid groups (broad SMARTS) is 1. The molecule has 4 N–H and O–H groups in total. The van der Waals surface area contributed by atoms with Crippen LogP contribution in [0.5, 0.6) is 0 Å². The first kappa shape index (κ1) is 15.5. The van der Waals surface area contributed by atoms with Crippen LogP contribution in [0.4, 0.5) is 5.69 Å². The van der Waals surface area contributed by atoms with Crippen molar-refractivity contribution in [1.82, 2.24) is 4.72 Å². The summed E-state index contributed by atoms with van der Waals surface area (Å²) in [4.78, 5) is 10.7. The third-order valence-electron chi connectivity index (χ3n) is 2.83. The topological polar surface area (TPSA) is 109 Å². The third kappa shape index (κ3) is 3.81. The molecule has 0 fully saturated rings. The Labute approximate surface area is 126 Å². The zero-order valence-electron chi connectivity index (χ0n) is 10.9. The molecule has 0 amide bonds. The molecule has 0 saturated heterocycles. The quantitative estimate of drug-likeness (QED) is 0.698. The molecule has 1 heterocycles. The molecule has 1 aromatic carbocycles. The molecule has 8 heteroatoms.